The first kappa shape index (κ1) is 17.0. The molecule has 3 heterocycles. The monoisotopic (exact) mass is 378 g/mol. The van der Waals surface area contributed by atoms with Crippen molar-refractivity contribution in [2.75, 3.05) is 16.8 Å². The van der Waals surface area contributed by atoms with E-state index in [2.05, 4.69) is 25.5 Å². The van der Waals surface area contributed by atoms with Crippen molar-refractivity contribution in [1.82, 2.24) is 20.2 Å². The number of H-pyrrole nitrogens is 2. The zero-order valence-electron chi connectivity index (χ0n) is 16.1. The molecule has 0 bridgehead atoms. The summed E-state index contributed by atoms with van der Waals surface area (Å²) in [6.45, 7) is 6.49. The second kappa shape index (κ2) is 5.67. The van der Waals surface area contributed by atoms with Crippen LogP contribution in [0.5, 0.6) is 0 Å². The maximum Gasteiger partial charge on any atom is 0.237 e. The molecular formula is C20H22N6O2. The Labute approximate surface area is 161 Å². The molecule has 5 rings (SSSR count). The topological polar surface area (TPSA) is 107 Å². The number of aromatic amines is 2. The molecule has 3 aromatic rings. The molecule has 1 aliphatic carbocycles. The molecular weight excluding hydrogens is 356 g/mol. The van der Waals surface area contributed by atoms with Gasteiger partial charge in [-0.2, -0.15) is 5.10 Å². The summed E-state index contributed by atoms with van der Waals surface area (Å²) < 4.78 is 0. The number of nitrogens with zero attached hydrogens (tertiary/aromatic N) is 3. The van der Waals surface area contributed by atoms with Gasteiger partial charge in [0.15, 0.2) is 11.5 Å². The van der Waals surface area contributed by atoms with Gasteiger partial charge in [0.1, 0.15) is 0 Å². The number of aromatic nitrogens is 4. The van der Waals surface area contributed by atoms with E-state index in [0.29, 0.717) is 23.8 Å². The smallest absolute Gasteiger partial charge is 0.237 e. The lowest BCUT2D eigenvalue weighted by Gasteiger charge is -2.18. The number of anilines is 2. The maximum absolute atomic E-state index is 12.7. The fourth-order valence-electron chi connectivity index (χ4n) is 3.90. The number of rotatable bonds is 4. The van der Waals surface area contributed by atoms with Gasteiger partial charge < -0.3 is 15.2 Å². The van der Waals surface area contributed by atoms with E-state index in [1.807, 2.05) is 32.9 Å². The molecule has 0 atom stereocenters. The molecule has 3 N–H and O–H groups in total. The van der Waals surface area contributed by atoms with Crippen molar-refractivity contribution in [1.29, 1.82) is 0 Å². The summed E-state index contributed by atoms with van der Waals surface area (Å²) in [6, 6.07) is 3.96. The SMILES string of the molecule is CCN1C(=O)C(C)(C)c2cc3[nH]c(-c4n[nH]cc4NC(=O)C4CC4)nc3cc21. The van der Waals surface area contributed by atoms with Crippen molar-refractivity contribution in [3.63, 3.8) is 0 Å². The summed E-state index contributed by atoms with van der Waals surface area (Å²) in [7, 11) is 0. The highest BCUT2D eigenvalue weighted by Gasteiger charge is 2.43. The molecule has 0 radical (unpaired) electrons. The lowest BCUT2D eigenvalue weighted by atomic mass is 9.86. The van der Waals surface area contributed by atoms with Crippen LogP contribution < -0.4 is 10.2 Å². The highest BCUT2D eigenvalue weighted by atomic mass is 16.2. The Hall–Kier alpha value is -3.16. The minimum Gasteiger partial charge on any atom is -0.337 e. The number of imidazole rings is 1. The molecule has 0 unspecified atom stereocenters. The molecule has 1 aromatic carbocycles. The fraction of sp³-hybridized carbons (Fsp3) is 0.400. The quantitative estimate of drug-likeness (QED) is 0.649. The average molecular weight is 378 g/mol. The molecule has 2 amide bonds. The zero-order valence-corrected chi connectivity index (χ0v) is 16.1. The van der Waals surface area contributed by atoms with Gasteiger partial charge in [-0.05, 0) is 51.3 Å². The summed E-state index contributed by atoms with van der Waals surface area (Å²) in [5.41, 5.74) is 4.14. The van der Waals surface area contributed by atoms with Crippen molar-refractivity contribution in [2.24, 2.45) is 5.92 Å². The summed E-state index contributed by atoms with van der Waals surface area (Å²) in [5, 5.41) is 10.0. The van der Waals surface area contributed by atoms with Gasteiger partial charge in [0.2, 0.25) is 11.8 Å². The van der Waals surface area contributed by atoms with Crippen LogP contribution in [0, 0.1) is 5.92 Å². The number of carbonyl (C=O) groups is 2. The molecule has 1 saturated carbocycles. The third-order valence-corrected chi connectivity index (χ3v) is 5.73. The van der Waals surface area contributed by atoms with Gasteiger partial charge >= 0.3 is 0 Å². The standard InChI is InChI=1S/C20H22N6O2/c1-4-26-15-8-13-12(7-11(15)20(2,3)19(26)28)22-17(23-13)16-14(9-21-25-16)24-18(27)10-5-6-10/h7-10H,4-6H2,1-3H3,(H,21,25)(H,22,23)(H,24,27). The van der Waals surface area contributed by atoms with Gasteiger partial charge in [-0.3, -0.25) is 14.7 Å². The van der Waals surface area contributed by atoms with Crippen LogP contribution in [0.2, 0.25) is 0 Å². The second-order valence-corrected chi connectivity index (χ2v) is 8.06. The Morgan fingerprint density at radius 2 is 2.14 bits per heavy atom. The van der Waals surface area contributed by atoms with Crippen LogP contribution in [-0.4, -0.2) is 38.5 Å². The number of benzene rings is 1. The van der Waals surface area contributed by atoms with Crippen LogP contribution in [0.25, 0.3) is 22.6 Å². The molecule has 2 aliphatic rings. The van der Waals surface area contributed by atoms with Gasteiger partial charge in [-0.25, -0.2) is 4.98 Å². The first-order chi connectivity index (χ1) is 13.4. The second-order valence-electron chi connectivity index (χ2n) is 8.06. The molecule has 144 valence electrons. The van der Waals surface area contributed by atoms with E-state index in [4.69, 9.17) is 0 Å². The third-order valence-electron chi connectivity index (χ3n) is 5.73. The number of hydrogen-bond donors (Lipinski definition) is 3. The van der Waals surface area contributed by atoms with Gasteiger partial charge in [-0.1, -0.05) is 0 Å². The summed E-state index contributed by atoms with van der Waals surface area (Å²) in [5.74, 6) is 0.825. The van der Waals surface area contributed by atoms with Gasteiger partial charge in [0, 0.05) is 18.7 Å². The van der Waals surface area contributed by atoms with E-state index in [9.17, 15) is 9.59 Å². The predicted octanol–water partition coefficient (Wildman–Crippen LogP) is 2.95. The number of likely N-dealkylation sites (N-methyl/N-ethyl adjacent to an activating group) is 1. The molecule has 28 heavy (non-hydrogen) atoms. The lowest BCUT2D eigenvalue weighted by molar-refractivity contribution is -0.122. The minimum atomic E-state index is -0.569. The van der Waals surface area contributed by atoms with Crippen LogP contribution in [0.4, 0.5) is 11.4 Å². The van der Waals surface area contributed by atoms with E-state index >= 15 is 0 Å². The van der Waals surface area contributed by atoms with Crippen LogP contribution in [0.1, 0.15) is 39.2 Å². The van der Waals surface area contributed by atoms with Crippen LogP contribution in [0.3, 0.4) is 0 Å². The highest BCUT2D eigenvalue weighted by Crippen LogP contribution is 2.43. The van der Waals surface area contributed by atoms with Gasteiger partial charge in [0.25, 0.3) is 0 Å². The molecule has 1 fully saturated rings. The van der Waals surface area contributed by atoms with E-state index < -0.39 is 5.41 Å². The van der Waals surface area contributed by atoms with E-state index in [1.54, 1.807) is 11.1 Å². The van der Waals surface area contributed by atoms with Gasteiger partial charge in [-0.15, -0.1) is 0 Å². The first-order valence-electron chi connectivity index (χ1n) is 9.61. The Morgan fingerprint density at radius 3 is 2.86 bits per heavy atom. The number of hydrogen-bond acceptors (Lipinski definition) is 4. The first-order valence-corrected chi connectivity index (χ1v) is 9.61. The van der Waals surface area contributed by atoms with Crippen molar-refractivity contribution in [3.05, 3.63) is 23.9 Å². The molecule has 2 aromatic heterocycles. The number of carbonyl (C=O) groups excluding carboxylic acids is 2. The van der Waals surface area contributed by atoms with Crippen LogP contribution in [-0.2, 0) is 15.0 Å². The van der Waals surface area contributed by atoms with Crippen LogP contribution in [0.15, 0.2) is 18.3 Å². The third kappa shape index (κ3) is 2.37. The number of amides is 2. The predicted molar refractivity (Wildman–Crippen MR) is 106 cm³/mol. The van der Waals surface area contributed by atoms with E-state index in [-0.39, 0.29) is 17.7 Å². The van der Waals surface area contributed by atoms with Crippen molar-refractivity contribution >= 4 is 34.2 Å². The molecule has 8 nitrogen and oxygen atoms in total. The normalized spacial score (nSPS) is 18.0. The number of fused-ring (bicyclic) bond motifs is 2. The Kier molecular flexibility index (Phi) is 3.44. The zero-order chi connectivity index (χ0) is 19.6. The van der Waals surface area contributed by atoms with E-state index in [0.717, 1.165) is 35.1 Å². The van der Waals surface area contributed by atoms with Crippen LogP contribution >= 0.6 is 0 Å². The van der Waals surface area contributed by atoms with E-state index in [1.165, 1.54) is 0 Å². The maximum atomic E-state index is 12.7. The van der Waals surface area contributed by atoms with Crippen molar-refractivity contribution in [3.8, 4) is 11.5 Å². The summed E-state index contributed by atoms with van der Waals surface area (Å²) in [4.78, 5) is 34.6. The molecule has 8 heteroatoms. The Morgan fingerprint density at radius 1 is 1.36 bits per heavy atom. The fourth-order valence-corrected chi connectivity index (χ4v) is 3.90. The summed E-state index contributed by atoms with van der Waals surface area (Å²) >= 11 is 0. The Bertz CT molecular complexity index is 1120. The molecule has 0 saturated heterocycles. The lowest BCUT2D eigenvalue weighted by Crippen LogP contribution is -2.35. The molecule has 1 aliphatic heterocycles. The average Bonchev–Trinajstić information content (AvgIpc) is 3.23. The molecule has 0 spiro atoms. The summed E-state index contributed by atoms with van der Waals surface area (Å²) in [6.07, 6.45) is 3.55. The Balaban J connectivity index is 1.57. The van der Waals surface area contributed by atoms with Crippen molar-refractivity contribution < 1.29 is 9.59 Å². The highest BCUT2D eigenvalue weighted by molar-refractivity contribution is 6.09. The van der Waals surface area contributed by atoms with Gasteiger partial charge in [0.05, 0.1) is 27.8 Å². The largest absolute Gasteiger partial charge is 0.337 e. The minimum absolute atomic E-state index is 0.0246. The number of nitrogens with one attached hydrogen (secondary N) is 3. The van der Waals surface area contributed by atoms with Crippen molar-refractivity contribution in [2.45, 2.75) is 39.0 Å².